The molecule has 0 saturated carbocycles. The second-order valence-corrected chi connectivity index (χ2v) is 4.84. The zero-order chi connectivity index (χ0) is 16.0. The molecule has 0 radical (unpaired) electrons. The van der Waals surface area contributed by atoms with Gasteiger partial charge < -0.3 is 9.47 Å². The van der Waals surface area contributed by atoms with E-state index in [0.717, 1.165) is 16.8 Å². The highest BCUT2D eigenvalue weighted by atomic mass is 16.5. The lowest BCUT2D eigenvalue weighted by atomic mass is 10.1. The smallest absolute Gasteiger partial charge is 0.328 e. The van der Waals surface area contributed by atoms with Crippen LogP contribution in [0.4, 0.5) is 5.69 Å². The zero-order valence-corrected chi connectivity index (χ0v) is 13.3. The van der Waals surface area contributed by atoms with Crippen LogP contribution in [-0.4, -0.2) is 38.2 Å². The molecule has 0 bridgehead atoms. The fourth-order valence-corrected chi connectivity index (χ4v) is 2.25. The Labute approximate surface area is 125 Å². The topological polar surface area (TPSA) is 55.8 Å². The summed E-state index contributed by atoms with van der Waals surface area (Å²) in [5, 5.41) is 0. The number of esters is 1. The summed E-state index contributed by atoms with van der Waals surface area (Å²) in [6, 6.07) is 5.03. The van der Waals surface area contributed by atoms with Gasteiger partial charge in [0.2, 0.25) is 0 Å². The monoisotopic (exact) mass is 293 g/mol. The van der Waals surface area contributed by atoms with Crippen LogP contribution in [-0.2, 0) is 19.1 Å². The lowest BCUT2D eigenvalue weighted by Crippen LogP contribution is -2.46. The fraction of sp³-hybridized carbons (Fsp3) is 0.500. The summed E-state index contributed by atoms with van der Waals surface area (Å²) in [6.07, 6.45) is 0. The molecule has 5 heteroatoms. The first-order valence-corrected chi connectivity index (χ1v) is 6.97. The van der Waals surface area contributed by atoms with Crippen LogP contribution in [0.25, 0.3) is 0 Å². The third-order valence-electron chi connectivity index (χ3n) is 3.31. The first-order chi connectivity index (χ1) is 9.93. The summed E-state index contributed by atoms with van der Waals surface area (Å²) in [6.45, 7) is 7.67. The summed E-state index contributed by atoms with van der Waals surface area (Å²) in [7, 11) is 1.31. The average Bonchev–Trinajstić information content (AvgIpc) is 2.47. The molecule has 21 heavy (non-hydrogen) atoms. The lowest BCUT2D eigenvalue weighted by Gasteiger charge is -2.30. The van der Waals surface area contributed by atoms with E-state index in [-0.39, 0.29) is 12.5 Å². The van der Waals surface area contributed by atoms with Crippen molar-refractivity contribution in [3.8, 4) is 0 Å². The molecule has 5 nitrogen and oxygen atoms in total. The number of nitrogens with zero attached hydrogens (tertiary/aromatic N) is 1. The van der Waals surface area contributed by atoms with Gasteiger partial charge in [-0.3, -0.25) is 9.69 Å². The summed E-state index contributed by atoms with van der Waals surface area (Å²) in [4.78, 5) is 25.8. The Morgan fingerprint density at radius 3 is 2.29 bits per heavy atom. The molecule has 0 aromatic heterocycles. The molecule has 0 heterocycles. The predicted octanol–water partition coefficient (Wildman–Crippen LogP) is 2.23. The maximum Gasteiger partial charge on any atom is 0.328 e. The van der Waals surface area contributed by atoms with Gasteiger partial charge >= 0.3 is 5.97 Å². The summed E-state index contributed by atoms with van der Waals surface area (Å²) >= 11 is 0. The van der Waals surface area contributed by atoms with Crippen molar-refractivity contribution in [2.75, 3.05) is 25.2 Å². The zero-order valence-electron chi connectivity index (χ0n) is 13.3. The maximum absolute atomic E-state index is 12.5. The molecule has 0 aliphatic heterocycles. The van der Waals surface area contributed by atoms with E-state index in [0.29, 0.717) is 6.61 Å². The predicted molar refractivity (Wildman–Crippen MR) is 81.4 cm³/mol. The Bertz CT molecular complexity index is 493. The van der Waals surface area contributed by atoms with Gasteiger partial charge in [0.05, 0.1) is 12.8 Å². The van der Waals surface area contributed by atoms with Gasteiger partial charge in [-0.2, -0.15) is 0 Å². The van der Waals surface area contributed by atoms with E-state index in [1.807, 2.05) is 39.0 Å². The molecule has 1 unspecified atom stereocenters. The molecule has 1 atom stereocenters. The van der Waals surface area contributed by atoms with Crippen LogP contribution >= 0.6 is 0 Å². The minimum Gasteiger partial charge on any atom is -0.467 e. The van der Waals surface area contributed by atoms with Crippen molar-refractivity contribution in [1.82, 2.24) is 0 Å². The van der Waals surface area contributed by atoms with Gasteiger partial charge in [-0.25, -0.2) is 4.79 Å². The molecule has 1 aromatic carbocycles. The van der Waals surface area contributed by atoms with Crippen LogP contribution < -0.4 is 4.90 Å². The van der Waals surface area contributed by atoms with E-state index < -0.39 is 12.0 Å². The van der Waals surface area contributed by atoms with E-state index in [1.165, 1.54) is 12.0 Å². The van der Waals surface area contributed by atoms with Crippen molar-refractivity contribution in [1.29, 1.82) is 0 Å². The second-order valence-electron chi connectivity index (χ2n) is 4.84. The number of hydrogen-bond donors (Lipinski definition) is 0. The average molecular weight is 293 g/mol. The van der Waals surface area contributed by atoms with Crippen LogP contribution in [0.5, 0.6) is 0 Å². The van der Waals surface area contributed by atoms with Crippen LogP contribution in [0.3, 0.4) is 0 Å². The van der Waals surface area contributed by atoms with E-state index in [1.54, 1.807) is 6.92 Å². The largest absolute Gasteiger partial charge is 0.467 e. The van der Waals surface area contributed by atoms with Crippen molar-refractivity contribution in [3.63, 3.8) is 0 Å². The standard InChI is InChI=1S/C16H23NO4/c1-6-21-10-14(18)17(13(4)16(19)20-5)15-11(2)8-7-9-12(15)3/h7-9,13H,6,10H2,1-5H3. The minimum atomic E-state index is -0.706. The molecule has 1 aromatic rings. The summed E-state index contributed by atoms with van der Waals surface area (Å²) < 4.78 is 9.97. The molecule has 1 amide bonds. The third kappa shape index (κ3) is 4.04. The Morgan fingerprint density at radius 1 is 1.24 bits per heavy atom. The Kier molecular flexibility index (Phi) is 6.37. The van der Waals surface area contributed by atoms with E-state index in [4.69, 9.17) is 9.47 Å². The normalized spacial score (nSPS) is 11.9. The first-order valence-electron chi connectivity index (χ1n) is 6.97. The molecule has 0 aliphatic rings. The number of ether oxygens (including phenoxy) is 2. The van der Waals surface area contributed by atoms with E-state index in [9.17, 15) is 9.59 Å². The number of carbonyl (C=O) groups excluding carboxylic acids is 2. The van der Waals surface area contributed by atoms with Crippen molar-refractivity contribution >= 4 is 17.6 Å². The molecular weight excluding hydrogens is 270 g/mol. The fourth-order valence-electron chi connectivity index (χ4n) is 2.25. The Morgan fingerprint density at radius 2 is 1.81 bits per heavy atom. The van der Waals surface area contributed by atoms with Gasteiger partial charge in [0, 0.05) is 6.61 Å². The highest BCUT2D eigenvalue weighted by molar-refractivity contribution is 6.01. The van der Waals surface area contributed by atoms with Crippen LogP contribution in [0.1, 0.15) is 25.0 Å². The number of carbonyl (C=O) groups is 2. The Hall–Kier alpha value is -1.88. The highest BCUT2D eigenvalue weighted by Gasteiger charge is 2.30. The van der Waals surface area contributed by atoms with Gasteiger partial charge in [0.1, 0.15) is 12.6 Å². The quantitative estimate of drug-likeness (QED) is 0.755. The SMILES string of the molecule is CCOCC(=O)N(c1c(C)cccc1C)C(C)C(=O)OC. The van der Waals surface area contributed by atoms with Crippen molar-refractivity contribution in [3.05, 3.63) is 29.3 Å². The molecule has 0 N–H and O–H groups in total. The van der Waals surface area contributed by atoms with Crippen molar-refractivity contribution < 1.29 is 19.1 Å². The number of anilines is 1. The van der Waals surface area contributed by atoms with Gasteiger partial charge in [0.25, 0.3) is 5.91 Å². The van der Waals surface area contributed by atoms with Gasteiger partial charge in [-0.05, 0) is 38.8 Å². The lowest BCUT2D eigenvalue weighted by molar-refractivity contribution is -0.143. The van der Waals surface area contributed by atoms with Crippen molar-refractivity contribution in [2.45, 2.75) is 33.7 Å². The molecular formula is C16H23NO4. The van der Waals surface area contributed by atoms with Crippen molar-refractivity contribution in [2.24, 2.45) is 0 Å². The first kappa shape index (κ1) is 17.2. The van der Waals surface area contributed by atoms with Gasteiger partial charge in [-0.1, -0.05) is 18.2 Å². The summed E-state index contributed by atoms with van der Waals surface area (Å²) in [5.41, 5.74) is 2.59. The number of aryl methyl sites for hydroxylation is 2. The molecule has 0 aliphatic carbocycles. The number of methoxy groups -OCH3 is 1. The molecule has 1 rings (SSSR count). The van der Waals surface area contributed by atoms with Gasteiger partial charge in [0.15, 0.2) is 0 Å². The number of benzene rings is 1. The summed E-state index contributed by atoms with van der Waals surface area (Å²) in [5.74, 6) is -0.713. The second kappa shape index (κ2) is 7.78. The number of amides is 1. The van der Waals surface area contributed by atoms with Crippen LogP contribution in [0, 0.1) is 13.8 Å². The van der Waals surface area contributed by atoms with Crippen LogP contribution in [0.15, 0.2) is 18.2 Å². The van der Waals surface area contributed by atoms with E-state index >= 15 is 0 Å². The number of rotatable bonds is 6. The third-order valence-corrected chi connectivity index (χ3v) is 3.31. The molecule has 0 spiro atoms. The van der Waals surface area contributed by atoms with Gasteiger partial charge in [-0.15, -0.1) is 0 Å². The maximum atomic E-state index is 12.5. The molecule has 0 saturated heterocycles. The molecule has 116 valence electrons. The van der Waals surface area contributed by atoms with Crippen LogP contribution in [0.2, 0.25) is 0 Å². The highest BCUT2D eigenvalue weighted by Crippen LogP contribution is 2.27. The number of hydrogen-bond acceptors (Lipinski definition) is 4. The number of para-hydroxylation sites is 1. The minimum absolute atomic E-state index is 0.0639. The van der Waals surface area contributed by atoms with E-state index in [2.05, 4.69) is 0 Å². The molecule has 0 fully saturated rings. The Balaban J connectivity index is 3.24.